The van der Waals surface area contributed by atoms with E-state index in [1.807, 2.05) is 0 Å². The number of hydrogen-bond acceptors (Lipinski definition) is 2. The van der Waals surface area contributed by atoms with Crippen LogP contribution in [-0.2, 0) is 6.18 Å². The highest BCUT2D eigenvalue weighted by Crippen LogP contribution is 2.31. The Balaban J connectivity index is 1.88. The second kappa shape index (κ2) is 6.45. The Hall–Kier alpha value is -2.45. The second-order valence-corrected chi connectivity index (χ2v) is 5.77. The molecule has 0 bridgehead atoms. The van der Waals surface area contributed by atoms with Crippen LogP contribution in [0.15, 0.2) is 42.7 Å². The van der Waals surface area contributed by atoms with Crippen molar-refractivity contribution in [3.05, 3.63) is 58.5 Å². The zero-order valence-corrected chi connectivity index (χ0v) is 13.7. The summed E-state index contributed by atoms with van der Waals surface area (Å²) < 4.78 is 39.5. The summed E-state index contributed by atoms with van der Waals surface area (Å²) in [4.78, 5) is 15.7. The molecule has 130 valence electrons. The van der Waals surface area contributed by atoms with Gasteiger partial charge < -0.3 is 15.0 Å². The summed E-state index contributed by atoms with van der Waals surface area (Å²) in [6.45, 7) is 0. The van der Waals surface area contributed by atoms with Gasteiger partial charge in [0.05, 0.1) is 21.4 Å². The Labute approximate surface area is 149 Å². The molecule has 0 fully saturated rings. The molecule has 0 aliphatic rings. The molecule has 2 amide bonds. The Morgan fingerprint density at radius 2 is 1.76 bits per heavy atom. The van der Waals surface area contributed by atoms with E-state index in [-0.39, 0.29) is 27.1 Å². The summed E-state index contributed by atoms with van der Waals surface area (Å²) in [7, 11) is 0. The van der Waals surface area contributed by atoms with Crippen molar-refractivity contribution >= 4 is 46.3 Å². The minimum Gasteiger partial charge on any atom is -0.305 e. The van der Waals surface area contributed by atoms with Crippen LogP contribution >= 0.6 is 23.2 Å². The number of nitrogens with one attached hydrogen (secondary N) is 2. The summed E-state index contributed by atoms with van der Waals surface area (Å²) in [5.41, 5.74) is -0.820. The molecule has 3 rings (SSSR count). The Kier molecular flexibility index (Phi) is 4.49. The predicted molar refractivity (Wildman–Crippen MR) is 89.3 cm³/mol. The molecular weight excluding hydrogens is 380 g/mol. The average molecular weight is 389 g/mol. The number of rotatable bonds is 2. The number of imidazole rings is 1. The van der Waals surface area contributed by atoms with Crippen LogP contribution < -0.4 is 10.6 Å². The van der Waals surface area contributed by atoms with E-state index in [0.717, 1.165) is 6.20 Å². The van der Waals surface area contributed by atoms with Gasteiger partial charge in [0.15, 0.2) is 11.3 Å². The molecule has 2 N–H and O–H groups in total. The van der Waals surface area contributed by atoms with Gasteiger partial charge in [0.25, 0.3) is 0 Å². The number of alkyl halides is 3. The zero-order valence-electron chi connectivity index (χ0n) is 12.2. The molecule has 0 unspecified atom stereocenters. The number of benzene rings is 1. The lowest BCUT2D eigenvalue weighted by atomic mass is 10.3. The van der Waals surface area contributed by atoms with Crippen LogP contribution in [-0.4, -0.2) is 15.4 Å². The highest BCUT2D eigenvalue weighted by atomic mass is 35.5. The molecule has 0 atom stereocenters. The number of aromatic nitrogens is 2. The fourth-order valence-corrected chi connectivity index (χ4v) is 2.62. The van der Waals surface area contributed by atoms with Gasteiger partial charge >= 0.3 is 12.2 Å². The maximum atomic E-state index is 12.8. The van der Waals surface area contributed by atoms with Crippen LogP contribution in [0.4, 0.5) is 29.3 Å². The maximum absolute atomic E-state index is 12.8. The van der Waals surface area contributed by atoms with E-state index in [1.54, 1.807) is 6.07 Å². The van der Waals surface area contributed by atoms with Crippen molar-refractivity contribution in [1.29, 1.82) is 0 Å². The molecule has 1 aromatic carbocycles. The zero-order chi connectivity index (χ0) is 18.2. The number of amides is 2. The van der Waals surface area contributed by atoms with Crippen molar-refractivity contribution in [1.82, 2.24) is 9.38 Å². The van der Waals surface area contributed by atoms with Crippen LogP contribution in [0.2, 0.25) is 10.0 Å². The minimum atomic E-state index is -4.59. The Morgan fingerprint density at radius 3 is 2.40 bits per heavy atom. The third kappa shape index (κ3) is 3.64. The first-order valence-electron chi connectivity index (χ1n) is 6.82. The number of hydrogen-bond donors (Lipinski definition) is 2. The summed E-state index contributed by atoms with van der Waals surface area (Å²) in [6, 6.07) is 6.86. The summed E-state index contributed by atoms with van der Waals surface area (Å²) in [5.74, 6) is 0. The molecule has 25 heavy (non-hydrogen) atoms. The fourth-order valence-electron chi connectivity index (χ4n) is 2.13. The fraction of sp³-hybridized carbons (Fsp3) is 0.0667. The number of fused-ring (bicyclic) bond motifs is 1. The topological polar surface area (TPSA) is 58.4 Å². The summed E-state index contributed by atoms with van der Waals surface area (Å²) in [6.07, 6.45) is -2.36. The normalized spacial score (nSPS) is 11.6. The molecule has 0 radical (unpaired) electrons. The summed E-state index contributed by atoms with van der Waals surface area (Å²) in [5, 5.41) is 5.34. The molecule has 0 aliphatic heterocycles. The molecule has 0 saturated heterocycles. The van der Waals surface area contributed by atoms with E-state index in [0.29, 0.717) is 0 Å². The van der Waals surface area contributed by atoms with Gasteiger partial charge in [0, 0.05) is 12.4 Å². The number of halogens is 5. The van der Waals surface area contributed by atoms with E-state index < -0.39 is 17.9 Å². The van der Waals surface area contributed by atoms with Crippen LogP contribution in [0.5, 0.6) is 0 Å². The third-order valence-corrected chi connectivity index (χ3v) is 3.85. The van der Waals surface area contributed by atoms with Gasteiger partial charge in [-0.2, -0.15) is 13.2 Å². The van der Waals surface area contributed by atoms with Gasteiger partial charge in [0.1, 0.15) is 0 Å². The predicted octanol–water partition coefficient (Wildman–Crippen LogP) is 5.30. The number of carbonyl (C=O) groups excluding carboxylic acids is 1. The number of pyridine rings is 1. The number of nitrogens with zero attached hydrogens (tertiary/aromatic N) is 2. The van der Waals surface area contributed by atoms with Gasteiger partial charge in [-0.15, -0.1) is 0 Å². The van der Waals surface area contributed by atoms with Crippen molar-refractivity contribution in [3.8, 4) is 0 Å². The number of carbonyl (C=O) groups is 1. The molecular formula is C15H9Cl2F3N4O. The molecule has 2 heterocycles. The molecule has 0 saturated carbocycles. The standard InChI is InChI=1S/C15H9Cl2F3N4O/c16-8-3-1-4-9(17)12(8)23-14(25)21-10-5-2-6-24-7-11(15(18,19)20)22-13(10)24/h1-7H,(H2,21,23,25). The van der Waals surface area contributed by atoms with E-state index >= 15 is 0 Å². The number of urea groups is 1. The molecule has 2 aromatic heterocycles. The van der Waals surface area contributed by atoms with Crippen molar-refractivity contribution in [3.63, 3.8) is 0 Å². The number of anilines is 2. The van der Waals surface area contributed by atoms with E-state index in [2.05, 4.69) is 15.6 Å². The van der Waals surface area contributed by atoms with Gasteiger partial charge in [-0.25, -0.2) is 9.78 Å². The molecule has 3 aromatic rings. The first-order chi connectivity index (χ1) is 11.8. The quantitative estimate of drug-likeness (QED) is 0.625. The molecule has 5 nitrogen and oxygen atoms in total. The van der Waals surface area contributed by atoms with Crippen LogP contribution in [0.1, 0.15) is 5.69 Å². The first kappa shape index (κ1) is 17.4. The number of para-hydroxylation sites is 1. The molecule has 0 aliphatic carbocycles. The largest absolute Gasteiger partial charge is 0.434 e. The Bertz CT molecular complexity index is 935. The lowest BCUT2D eigenvalue weighted by Crippen LogP contribution is -2.20. The minimum absolute atomic E-state index is 0.0461. The van der Waals surface area contributed by atoms with E-state index in [1.165, 1.54) is 34.9 Å². The lowest BCUT2D eigenvalue weighted by molar-refractivity contribution is -0.140. The van der Waals surface area contributed by atoms with Crippen molar-refractivity contribution in [2.24, 2.45) is 0 Å². The highest BCUT2D eigenvalue weighted by Gasteiger charge is 2.34. The first-order valence-corrected chi connectivity index (χ1v) is 7.58. The average Bonchev–Trinajstić information content (AvgIpc) is 2.97. The molecule has 10 heteroatoms. The van der Waals surface area contributed by atoms with Crippen molar-refractivity contribution in [2.75, 3.05) is 10.6 Å². The Morgan fingerprint density at radius 1 is 1.08 bits per heavy atom. The SMILES string of the molecule is O=C(Nc1c(Cl)cccc1Cl)Nc1cccn2cc(C(F)(F)F)nc12. The van der Waals surface area contributed by atoms with Gasteiger partial charge in [-0.3, -0.25) is 0 Å². The van der Waals surface area contributed by atoms with Crippen LogP contribution in [0.3, 0.4) is 0 Å². The van der Waals surface area contributed by atoms with Crippen molar-refractivity contribution in [2.45, 2.75) is 6.18 Å². The monoisotopic (exact) mass is 388 g/mol. The van der Waals surface area contributed by atoms with Gasteiger partial charge in [-0.1, -0.05) is 29.3 Å². The maximum Gasteiger partial charge on any atom is 0.434 e. The third-order valence-electron chi connectivity index (χ3n) is 3.22. The molecule has 0 spiro atoms. The lowest BCUT2D eigenvalue weighted by Gasteiger charge is -2.11. The highest BCUT2D eigenvalue weighted by molar-refractivity contribution is 6.39. The van der Waals surface area contributed by atoms with Crippen LogP contribution in [0.25, 0.3) is 5.65 Å². The van der Waals surface area contributed by atoms with E-state index in [9.17, 15) is 18.0 Å². The van der Waals surface area contributed by atoms with Gasteiger partial charge in [-0.05, 0) is 24.3 Å². The summed E-state index contributed by atoms with van der Waals surface area (Å²) >= 11 is 11.9. The van der Waals surface area contributed by atoms with Crippen LogP contribution in [0, 0.1) is 0 Å². The van der Waals surface area contributed by atoms with Crippen molar-refractivity contribution < 1.29 is 18.0 Å². The second-order valence-electron chi connectivity index (χ2n) is 4.95. The van der Waals surface area contributed by atoms with Gasteiger partial charge in [0.2, 0.25) is 0 Å². The smallest absolute Gasteiger partial charge is 0.305 e. The van der Waals surface area contributed by atoms with E-state index in [4.69, 9.17) is 23.2 Å².